The largest absolute Gasteiger partial charge is 0.497 e. The summed E-state index contributed by atoms with van der Waals surface area (Å²) in [4.78, 5) is 13.9. The van der Waals surface area contributed by atoms with E-state index in [1.807, 2.05) is 0 Å². The Morgan fingerprint density at radius 1 is 1.17 bits per heavy atom. The minimum Gasteiger partial charge on any atom is -0.497 e. The lowest BCUT2D eigenvalue weighted by atomic mass is 10.2. The molecule has 0 spiro atoms. The lowest BCUT2D eigenvalue weighted by Crippen LogP contribution is -2.60. The lowest BCUT2D eigenvalue weighted by molar-refractivity contribution is 0.165. The Labute approximate surface area is 136 Å². The molecule has 1 aromatic carbocycles. The molecule has 2 amide bonds. The van der Waals surface area contributed by atoms with Gasteiger partial charge in [0.05, 0.1) is 12.0 Å². The van der Waals surface area contributed by atoms with Crippen LogP contribution in [0.25, 0.3) is 0 Å². The van der Waals surface area contributed by atoms with E-state index in [-0.39, 0.29) is 30.1 Å². The molecule has 1 aliphatic heterocycles. The van der Waals surface area contributed by atoms with E-state index in [0.717, 1.165) is 25.7 Å². The monoisotopic (exact) mass is 338 g/mol. The highest BCUT2D eigenvalue weighted by Crippen LogP contribution is 2.26. The summed E-state index contributed by atoms with van der Waals surface area (Å²) in [7, 11) is -1.86. The van der Waals surface area contributed by atoms with Gasteiger partial charge in [-0.15, -0.1) is 0 Å². The summed E-state index contributed by atoms with van der Waals surface area (Å²) in [5, 5.41) is 2.46. The highest BCUT2D eigenvalue weighted by Gasteiger charge is 2.41. The molecule has 0 aromatic heterocycles. The number of amides is 2. The van der Waals surface area contributed by atoms with E-state index in [9.17, 15) is 13.2 Å². The number of nitrogens with one attached hydrogen (secondary N) is 1. The molecule has 1 N–H and O–H groups in total. The molecule has 0 radical (unpaired) electrons. The van der Waals surface area contributed by atoms with E-state index in [2.05, 4.69) is 5.32 Å². The number of methoxy groups -OCH3 is 1. The number of urea groups is 1. The molecule has 6 nitrogen and oxygen atoms in total. The SMILES string of the molecule is COc1ccc(S(=O)(=O)C2CN(C(=O)NC3CCCC3)C2)cc1. The van der Waals surface area contributed by atoms with E-state index in [4.69, 9.17) is 4.74 Å². The number of carbonyl (C=O) groups excluding carboxylic acids is 1. The van der Waals surface area contributed by atoms with Crippen molar-refractivity contribution in [2.45, 2.75) is 41.9 Å². The zero-order chi connectivity index (χ0) is 16.4. The fraction of sp³-hybridized carbons (Fsp3) is 0.562. The van der Waals surface area contributed by atoms with Crippen LogP contribution >= 0.6 is 0 Å². The highest BCUT2D eigenvalue weighted by molar-refractivity contribution is 7.92. The molecule has 2 fully saturated rings. The molecule has 0 unspecified atom stereocenters. The first-order valence-corrected chi connectivity index (χ1v) is 9.49. The second-order valence-electron chi connectivity index (χ2n) is 6.18. The maximum atomic E-state index is 12.5. The van der Waals surface area contributed by atoms with Gasteiger partial charge in [0.1, 0.15) is 11.0 Å². The normalized spacial score (nSPS) is 19.4. The second-order valence-corrected chi connectivity index (χ2v) is 8.41. The molecule has 23 heavy (non-hydrogen) atoms. The van der Waals surface area contributed by atoms with Gasteiger partial charge >= 0.3 is 6.03 Å². The first-order chi connectivity index (χ1) is 11.0. The molecule has 2 aliphatic rings. The number of benzene rings is 1. The molecular weight excluding hydrogens is 316 g/mol. The van der Waals surface area contributed by atoms with Gasteiger partial charge < -0.3 is 15.0 Å². The van der Waals surface area contributed by atoms with Gasteiger partial charge in [0.25, 0.3) is 0 Å². The van der Waals surface area contributed by atoms with Crippen molar-refractivity contribution < 1.29 is 17.9 Å². The lowest BCUT2D eigenvalue weighted by Gasteiger charge is -2.39. The second kappa shape index (κ2) is 6.39. The van der Waals surface area contributed by atoms with Gasteiger partial charge in [0.2, 0.25) is 0 Å². The van der Waals surface area contributed by atoms with E-state index in [1.54, 1.807) is 29.2 Å². The smallest absolute Gasteiger partial charge is 0.317 e. The summed E-state index contributed by atoms with van der Waals surface area (Å²) in [6.45, 7) is 0.514. The molecule has 1 heterocycles. The van der Waals surface area contributed by atoms with Crippen LogP contribution < -0.4 is 10.1 Å². The Balaban J connectivity index is 1.57. The van der Waals surface area contributed by atoms with E-state index >= 15 is 0 Å². The Morgan fingerprint density at radius 2 is 1.78 bits per heavy atom. The van der Waals surface area contributed by atoms with Crippen molar-refractivity contribution in [2.24, 2.45) is 0 Å². The van der Waals surface area contributed by atoms with Crippen molar-refractivity contribution in [3.8, 4) is 5.75 Å². The van der Waals surface area contributed by atoms with Crippen LogP contribution in [0.1, 0.15) is 25.7 Å². The van der Waals surface area contributed by atoms with Gasteiger partial charge in [-0.3, -0.25) is 0 Å². The fourth-order valence-corrected chi connectivity index (χ4v) is 4.75. The van der Waals surface area contributed by atoms with Gasteiger partial charge in [-0.1, -0.05) is 12.8 Å². The summed E-state index contributed by atoms with van der Waals surface area (Å²) < 4.78 is 30.1. The van der Waals surface area contributed by atoms with Crippen molar-refractivity contribution in [1.82, 2.24) is 10.2 Å². The topological polar surface area (TPSA) is 75.7 Å². The number of nitrogens with zero attached hydrogens (tertiary/aromatic N) is 1. The Morgan fingerprint density at radius 3 is 2.35 bits per heavy atom. The minimum absolute atomic E-state index is 0.141. The predicted octanol–water partition coefficient (Wildman–Crippen LogP) is 1.81. The summed E-state index contributed by atoms with van der Waals surface area (Å²) in [6.07, 6.45) is 4.35. The van der Waals surface area contributed by atoms with Crippen molar-refractivity contribution in [1.29, 1.82) is 0 Å². The van der Waals surface area contributed by atoms with Crippen LogP contribution in [0.2, 0.25) is 0 Å². The van der Waals surface area contributed by atoms with Gasteiger partial charge in [-0.25, -0.2) is 13.2 Å². The number of carbonyl (C=O) groups is 1. The van der Waals surface area contributed by atoms with Crippen LogP contribution in [0, 0.1) is 0 Å². The number of likely N-dealkylation sites (tertiary alicyclic amines) is 1. The number of ether oxygens (including phenoxy) is 1. The van der Waals surface area contributed by atoms with Crippen LogP contribution in [0.4, 0.5) is 4.79 Å². The third kappa shape index (κ3) is 3.29. The molecule has 1 saturated heterocycles. The summed E-state index contributed by atoms with van der Waals surface area (Å²) in [5.74, 6) is 0.620. The van der Waals surface area contributed by atoms with Crippen LogP contribution in [-0.2, 0) is 9.84 Å². The molecule has 0 atom stereocenters. The van der Waals surface area contributed by atoms with Crippen LogP contribution in [0.15, 0.2) is 29.2 Å². The zero-order valence-corrected chi connectivity index (χ0v) is 14.0. The first kappa shape index (κ1) is 16.1. The van der Waals surface area contributed by atoms with Crippen molar-refractivity contribution in [3.63, 3.8) is 0 Å². The molecule has 126 valence electrons. The molecule has 3 rings (SSSR count). The number of hydrogen-bond donors (Lipinski definition) is 1. The highest BCUT2D eigenvalue weighted by atomic mass is 32.2. The van der Waals surface area contributed by atoms with E-state index in [1.165, 1.54) is 7.11 Å². The maximum absolute atomic E-state index is 12.5. The average molecular weight is 338 g/mol. The Kier molecular flexibility index (Phi) is 4.48. The van der Waals surface area contributed by atoms with Crippen LogP contribution in [-0.4, -0.2) is 50.8 Å². The Bertz CT molecular complexity index is 660. The summed E-state index contributed by atoms with van der Waals surface area (Å²) in [5.41, 5.74) is 0. The molecule has 1 aromatic rings. The summed E-state index contributed by atoms with van der Waals surface area (Å²) in [6, 6.07) is 6.48. The standard InChI is InChI=1S/C16H22N2O4S/c1-22-13-6-8-14(9-7-13)23(20,21)15-10-18(11-15)16(19)17-12-4-2-3-5-12/h6-9,12,15H,2-5,10-11H2,1H3,(H,17,19). The van der Waals surface area contributed by atoms with Gasteiger partial charge in [-0.05, 0) is 37.1 Å². The van der Waals surface area contributed by atoms with Gasteiger partial charge in [0, 0.05) is 19.1 Å². The molecular formula is C16H22N2O4S. The van der Waals surface area contributed by atoms with Crippen LogP contribution in [0.3, 0.4) is 0 Å². The first-order valence-electron chi connectivity index (χ1n) is 7.94. The molecule has 7 heteroatoms. The van der Waals surface area contributed by atoms with E-state index < -0.39 is 15.1 Å². The molecule has 0 bridgehead atoms. The number of rotatable bonds is 4. The van der Waals surface area contributed by atoms with Crippen LogP contribution in [0.5, 0.6) is 5.75 Å². The summed E-state index contributed by atoms with van der Waals surface area (Å²) >= 11 is 0. The van der Waals surface area contributed by atoms with Gasteiger partial charge in [0.15, 0.2) is 9.84 Å². The van der Waals surface area contributed by atoms with E-state index in [0.29, 0.717) is 5.75 Å². The predicted molar refractivity (Wildman–Crippen MR) is 86.3 cm³/mol. The Hall–Kier alpha value is -1.76. The third-order valence-electron chi connectivity index (χ3n) is 4.64. The van der Waals surface area contributed by atoms with Gasteiger partial charge in [-0.2, -0.15) is 0 Å². The minimum atomic E-state index is -3.40. The quantitative estimate of drug-likeness (QED) is 0.908. The zero-order valence-electron chi connectivity index (χ0n) is 13.2. The fourth-order valence-electron chi connectivity index (χ4n) is 3.09. The number of hydrogen-bond acceptors (Lipinski definition) is 4. The molecule has 1 aliphatic carbocycles. The maximum Gasteiger partial charge on any atom is 0.317 e. The molecule has 1 saturated carbocycles. The third-order valence-corrected chi connectivity index (χ3v) is 6.75. The van der Waals surface area contributed by atoms with Crippen molar-refractivity contribution >= 4 is 15.9 Å². The van der Waals surface area contributed by atoms with Crippen molar-refractivity contribution in [3.05, 3.63) is 24.3 Å². The average Bonchev–Trinajstić information content (AvgIpc) is 2.98. The number of sulfone groups is 1. The van der Waals surface area contributed by atoms with Crippen molar-refractivity contribution in [2.75, 3.05) is 20.2 Å².